The zero-order chi connectivity index (χ0) is 15.7. The number of carbonyl (C=O) groups excluding carboxylic acids is 2. The number of ketones is 1. The van der Waals surface area contributed by atoms with Gasteiger partial charge in [-0.25, -0.2) is 4.79 Å². The van der Waals surface area contributed by atoms with Crippen LogP contribution in [0.2, 0.25) is 0 Å². The van der Waals surface area contributed by atoms with Crippen LogP contribution in [0.15, 0.2) is 29.4 Å². The fraction of sp³-hybridized carbons (Fsp3) is 0.467. The van der Waals surface area contributed by atoms with E-state index in [9.17, 15) is 9.59 Å². The number of amides is 1. The van der Waals surface area contributed by atoms with Gasteiger partial charge in [-0.15, -0.1) is 0 Å². The van der Waals surface area contributed by atoms with Gasteiger partial charge in [0.25, 0.3) is 0 Å². The van der Waals surface area contributed by atoms with Crippen LogP contribution in [0, 0.1) is 0 Å². The lowest BCUT2D eigenvalue weighted by Crippen LogP contribution is -2.25. The molecule has 1 atom stereocenters. The zero-order valence-electron chi connectivity index (χ0n) is 11.8. The molecule has 1 amide bonds. The Balaban J connectivity index is 0. The first kappa shape index (κ1) is 22.5. The molecule has 8 heteroatoms. The second-order valence-electron chi connectivity index (χ2n) is 3.93. The monoisotopic (exact) mass is 324 g/mol. The van der Waals surface area contributed by atoms with Gasteiger partial charge in [0.05, 0.1) is 0 Å². The molecule has 0 aliphatic heterocycles. The number of hydrogen-bond donors (Lipinski definition) is 1. The first-order valence-corrected chi connectivity index (χ1v) is 6.27. The van der Waals surface area contributed by atoms with Gasteiger partial charge in [-0.1, -0.05) is 39.0 Å². The highest BCUT2D eigenvalue weighted by Crippen LogP contribution is 2.23. The third kappa shape index (κ3) is 7.19. The SMILES string of the molecule is C.C.CCC(=O)C(OC(=O)NC)c1ccc(OCN=[N+]=[N-])cc1. The van der Waals surface area contributed by atoms with Crippen LogP contribution in [0.25, 0.3) is 10.4 Å². The predicted molar refractivity (Wildman–Crippen MR) is 88.1 cm³/mol. The molecule has 128 valence electrons. The minimum Gasteiger partial charge on any atom is -0.488 e. The Kier molecular flexibility index (Phi) is 11.6. The molecule has 0 aliphatic rings. The molecule has 1 unspecified atom stereocenters. The first-order chi connectivity index (χ1) is 10.1. The quantitative estimate of drug-likeness (QED) is 0.464. The number of Topliss-reactive ketones (excluding diaryl/α,β-unsaturated/α-hetero) is 1. The van der Waals surface area contributed by atoms with Gasteiger partial charge in [-0.05, 0) is 17.7 Å². The van der Waals surface area contributed by atoms with Crippen molar-refractivity contribution in [3.63, 3.8) is 0 Å². The normalized spacial score (nSPS) is 10.0. The van der Waals surface area contributed by atoms with Crippen molar-refractivity contribution >= 4 is 11.9 Å². The molecule has 0 bridgehead atoms. The summed E-state index contributed by atoms with van der Waals surface area (Å²) in [5, 5.41) is 5.55. The predicted octanol–water partition coefficient (Wildman–Crippen LogP) is 3.98. The van der Waals surface area contributed by atoms with Crippen LogP contribution in [-0.4, -0.2) is 25.7 Å². The molecule has 0 radical (unpaired) electrons. The third-order valence-corrected chi connectivity index (χ3v) is 2.60. The van der Waals surface area contributed by atoms with Crippen molar-refractivity contribution in [2.75, 3.05) is 13.8 Å². The molecule has 0 saturated heterocycles. The van der Waals surface area contributed by atoms with Crippen LogP contribution < -0.4 is 10.1 Å². The van der Waals surface area contributed by atoms with Crippen molar-refractivity contribution in [1.82, 2.24) is 5.32 Å². The summed E-state index contributed by atoms with van der Waals surface area (Å²) < 4.78 is 10.2. The van der Waals surface area contributed by atoms with Gasteiger partial charge in [0.15, 0.2) is 18.6 Å². The number of rotatable bonds is 7. The maximum absolute atomic E-state index is 11.9. The number of alkyl carbamates (subject to hydrolysis) is 1. The van der Waals surface area contributed by atoms with Crippen LogP contribution >= 0.6 is 0 Å². The number of ether oxygens (including phenoxy) is 2. The lowest BCUT2D eigenvalue weighted by Gasteiger charge is -2.16. The lowest BCUT2D eigenvalue weighted by atomic mass is 10.0. The van der Waals surface area contributed by atoms with E-state index < -0.39 is 12.2 Å². The van der Waals surface area contributed by atoms with E-state index in [1.807, 2.05) is 0 Å². The molecular formula is C15H24N4O4. The Hall–Kier alpha value is -2.73. The number of benzene rings is 1. The third-order valence-electron chi connectivity index (χ3n) is 2.60. The van der Waals surface area contributed by atoms with E-state index >= 15 is 0 Å². The summed E-state index contributed by atoms with van der Waals surface area (Å²) in [6.07, 6.45) is -1.39. The van der Waals surface area contributed by atoms with Gasteiger partial charge >= 0.3 is 6.09 Å². The molecule has 0 heterocycles. The van der Waals surface area contributed by atoms with E-state index in [4.69, 9.17) is 15.0 Å². The van der Waals surface area contributed by atoms with E-state index in [1.54, 1.807) is 31.2 Å². The number of hydrogen-bond acceptors (Lipinski definition) is 5. The van der Waals surface area contributed by atoms with E-state index in [2.05, 4.69) is 15.3 Å². The maximum Gasteiger partial charge on any atom is 0.407 e. The molecule has 0 aliphatic carbocycles. The van der Waals surface area contributed by atoms with E-state index in [0.717, 1.165) is 0 Å². The second kappa shape index (κ2) is 11.9. The molecule has 0 aromatic heterocycles. The summed E-state index contributed by atoms with van der Waals surface area (Å²) in [7, 11) is 1.42. The second-order valence-corrected chi connectivity index (χ2v) is 3.93. The summed E-state index contributed by atoms with van der Waals surface area (Å²) in [5.74, 6) is 0.273. The van der Waals surface area contributed by atoms with Crippen molar-refractivity contribution < 1.29 is 19.1 Å². The Morgan fingerprint density at radius 3 is 2.39 bits per heavy atom. The van der Waals surface area contributed by atoms with Crippen LogP contribution in [0.4, 0.5) is 4.79 Å². The van der Waals surface area contributed by atoms with Gasteiger partial charge < -0.3 is 14.8 Å². The fourth-order valence-electron chi connectivity index (χ4n) is 1.54. The highest BCUT2D eigenvalue weighted by Gasteiger charge is 2.23. The average molecular weight is 324 g/mol. The molecule has 0 saturated carbocycles. The molecule has 1 N–H and O–H groups in total. The smallest absolute Gasteiger partial charge is 0.407 e. The summed E-state index contributed by atoms with van der Waals surface area (Å²) in [4.78, 5) is 25.7. The maximum atomic E-state index is 11.9. The highest BCUT2D eigenvalue weighted by atomic mass is 16.6. The Bertz CT molecular complexity index is 539. The van der Waals surface area contributed by atoms with Gasteiger partial charge in [-0.3, -0.25) is 4.79 Å². The minimum absolute atomic E-state index is 0. The van der Waals surface area contributed by atoms with Gasteiger partial charge in [0.1, 0.15) is 5.75 Å². The topological polar surface area (TPSA) is 113 Å². The number of nitrogens with zero attached hydrogens (tertiary/aromatic N) is 3. The van der Waals surface area contributed by atoms with Crippen LogP contribution in [0.1, 0.15) is 39.9 Å². The Morgan fingerprint density at radius 2 is 1.91 bits per heavy atom. The van der Waals surface area contributed by atoms with Crippen LogP contribution in [0.3, 0.4) is 0 Å². The minimum atomic E-state index is -0.957. The molecule has 23 heavy (non-hydrogen) atoms. The van der Waals surface area contributed by atoms with E-state index in [0.29, 0.717) is 11.3 Å². The molecule has 8 nitrogen and oxygen atoms in total. The Labute approximate surface area is 136 Å². The summed E-state index contributed by atoms with van der Waals surface area (Å²) in [6.45, 7) is 1.57. The standard InChI is InChI=1S/C13H16N4O4.2CH4/c1-3-11(18)12(21-13(19)15-2)9-4-6-10(7-5-9)20-8-16-17-14;;/h4-7,12H,3,8H2,1-2H3,(H,15,19);2*1H4. The van der Waals surface area contributed by atoms with Crippen molar-refractivity contribution in [3.05, 3.63) is 40.3 Å². The van der Waals surface area contributed by atoms with E-state index in [1.165, 1.54) is 7.05 Å². The molecule has 0 spiro atoms. The molecule has 1 aromatic carbocycles. The summed E-state index contributed by atoms with van der Waals surface area (Å²) >= 11 is 0. The number of carbonyl (C=O) groups is 2. The van der Waals surface area contributed by atoms with E-state index in [-0.39, 0.29) is 33.8 Å². The van der Waals surface area contributed by atoms with Gasteiger partial charge in [0, 0.05) is 23.9 Å². The van der Waals surface area contributed by atoms with Crippen molar-refractivity contribution in [3.8, 4) is 5.75 Å². The van der Waals surface area contributed by atoms with Crippen LogP contribution in [-0.2, 0) is 9.53 Å². The van der Waals surface area contributed by atoms with Crippen molar-refractivity contribution in [1.29, 1.82) is 0 Å². The van der Waals surface area contributed by atoms with Crippen LogP contribution in [0.5, 0.6) is 5.75 Å². The summed E-state index contributed by atoms with van der Waals surface area (Å²) in [6, 6.07) is 6.44. The van der Waals surface area contributed by atoms with Crippen molar-refractivity contribution in [2.24, 2.45) is 5.11 Å². The molecular weight excluding hydrogens is 300 g/mol. The molecule has 1 rings (SSSR count). The highest BCUT2D eigenvalue weighted by molar-refractivity contribution is 5.86. The van der Waals surface area contributed by atoms with Crippen molar-refractivity contribution in [2.45, 2.75) is 34.3 Å². The van der Waals surface area contributed by atoms with Gasteiger partial charge in [0.2, 0.25) is 0 Å². The first-order valence-electron chi connectivity index (χ1n) is 6.27. The largest absolute Gasteiger partial charge is 0.488 e. The summed E-state index contributed by atoms with van der Waals surface area (Å²) in [5.41, 5.74) is 8.69. The number of azide groups is 1. The molecule has 1 aromatic rings. The Morgan fingerprint density at radius 1 is 1.30 bits per heavy atom. The average Bonchev–Trinajstić information content (AvgIpc) is 2.52. The zero-order valence-corrected chi connectivity index (χ0v) is 11.8. The fourth-order valence-corrected chi connectivity index (χ4v) is 1.54. The van der Waals surface area contributed by atoms with Gasteiger partial charge in [-0.2, -0.15) is 0 Å². The number of nitrogens with one attached hydrogen (secondary N) is 1. The lowest BCUT2D eigenvalue weighted by molar-refractivity contribution is -0.127. The molecule has 0 fully saturated rings.